The largest absolute Gasteiger partial charge is 0.497 e. The molecule has 0 aliphatic carbocycles. The van der Waals surface area contributed by atoms with Crippen molar-refractivity contribution in [1.82, 2.24) is 14.7 Å². The molecule has 144 valence electrons. The Hall–Kier alpha value is -2.48. The fraction of sp³-hybridized carbons (Fsp3) is 0.421. The lowest BCUT2D eigenvalue weighted by molar-refractivity contribution is -0.129. The number of nitrogens with zero attached hydrogens (tertiary/aromatic N) is 3. The van der Waals surface area contributed by atoms with E-state index in [1.807, 2.05) is 15.8 Å². The molecule has 1 aliphatic heterocycles. The van der Waals surface area contributed by atoms with Gasteiger partial charge in [0, 0.05) is 24.7 Å². The van der Waals surface area contributed by atoms with Crippen LogP contribution in [0.15, 0.2) is 36.5 Å². The number of anilines is 1. The summed E-state index contributed by atoms with van der Waals surface area (Å²) < 4.78 is 6.98. The highest BCUT2D eigenvalue weighted by Crippen LogP contribution is 2.26. The molecule has 0 radical (unpaired) electrons. The molecule has 2 amide bonds. The quantitative estimate of drug-likeness (QED) is 0.823. The lowest BCUT2D eigenvalue weighted by Gasteiger charge is -2.32. The fourth-order valence-corrected chi connectivity index (χ4v) is 3.64. The number of hydrogen-bond donors (Lipinski definition) is 1. The number of methoxy groups -OCH3 is 1. The summed E-state index contributed by atoms with van der Waals surface area (Å²) in [4.78, 5) is 26.4. The minimum Gasteiger partial charge on any atom is -0.497 e. The van der Waals surface area contributed by atoms with Gasteiger partial charge in [0.2, 0.25) is 5.91 Å². The highest BCUT2D eigenvalue weighted by atomic mass is 32.2. The van der Waals surface area contributed by atoms with Crippen LogP contribution in [0, 0.1) is 0 Å². The van der Waals surface area contributed by atoms with Gasteiger partial charge in [-0.2, -0.15) is 16.9 Å². The summed E-state index contributed by atoms with van der Waals surface area (Å²) in [5.41, 5.74) is 0.557. The smallest absolute Gasteiger partial charge is 0.256 e. The van der Waals surface area contributed by atoms with E-state index in [1.165, 1.54) is 0 Å². The zero-order valence-electron chi connectivity index (χ0n) is 15.6. The Labute approximate surface area is 163 Å². The lowest BCUT2D eigenvalue weighted by atomic mass is 10.1. The topological polar surface area (TPSA) is 76.5 Å². The van der Waals surface area contributed by atoms with Crippen LogP contribution in [0.4, 0.5) is 5.82 Å². The molecule has 1 aromatic heterocycles. The number of piperidine rings is 1. The van der Waals surface area contributed by atoms with Crippen molar-refractivity contribution in [3.63, 3.8) is 0 Å². The summed E-state index contributed by atoms with van der Waals surface area (Å²) in [6.07, 6.45) is 5.28. The number of aromatic nitrogens is 2. The van der Waals surface area contributed by atoms with E-state index in [-0.39, 0.29) is 17.9 Å². The fourth-order valence-electron chi connectivity index (χ4n) is 3.21. The highest BCUT2D eigenvalue weighted by molar-refractivity contribution is 7.99. The SMILES string of the molecule is COc1ccc(C(=O)Nc2ccnn2C2CCN(C(=O)CSC)CC2)cc1. The first-order valence-corrected chi connectivity index (χ1v) is 10.3. The molecular weight excluding hydrogens is 364 g/mol. The monoisotopic (exact) mass is 388 g/mol. The molecule has 0 bridgehead atoms. The van der Waals surface area contributed by atoms with Crippen LogP contribution in [-0.2, 0) is 4.79 Å². The number of rotatable bonds is 6. The first-order chi connectivity index (χ1) is 13.1. The number of hydrogen-bond acceptors (Lipinski definition) is 5. The first-order valence-electron chi connectivity index (χ1n) is 8.88. The molecule has 7 nitrogen and oxygen atoms in total. The molecule has 27 heavy (non-hydrogen) atoms. The van der Waals surface area contributed by atoms with Gasteiger partial charge in [0.15, 0.2) is 0 Å². The van der Waals surface area contributed by atoms with Gasteiger partial charge < -0.3 is 15.0 Å². The van der Waals surface area contributed by atoms with Crippen molar-refractivity contribution in [2.24, 2.45) is 0 Å². The molecule has 1 aliphatic rings. The summed E-state index contributed by atoms with van der Waals surface area (Å²) in [6.45, 7) is 1.44. The van der Waals surface area contributed by atoms with Crippen molar-refractivity contribution < 1.29 is 14.3 Å². The second-order valence-corrected chi connectivity index (χ2v) is 7.25. The first kappa shape index (κ1) is 19.3. The van der Waals surface area contributed by atoms with E-state index in [4.69, 9.17) is 4.74 Å². The average Bonchev–Trinajstić information content (AvgIpc) is 3.16. The third-order valence-electron chi connectivity index (χ3n) is 4.69. The van der Waals surface area contributed by atoms with Gasteiger partial charge in [-0.15, -0.1) is 0 Å². The van der Waals surface area contributed by atoms with E-state index in [1.54, 1.807) is 55.4 Å². The molecule has 0 saturated carbocycles. The maximum atomic E-state index is 12.5. The highest BCUT2D eigenvalue weighted by Gasteiger charge is 2.25. The number of amides is 2. The average molecular weight is 388 g/mol. The lowest BCUT2D eigenvalue weighted by Crippen LogP contribution is -2.40. The third-order valence-corrected chi connectivity index (χ3v) is 5.23. The molecule has 0 unspecified atom stereocenters. The standard InChI is InChI=1S/C19H24N4O3S/c1-26-16-5-3-14(4-6-16)19(25)21-17-7-10-20-23(17)15-8-11-22(12-9-15)18(24)13-27-2/h3-7,10,15H,8-9,11-13H2,1-2H3,(H,21,25). The number of thioether (sulfide) groups is 1. The number of ether oxygens (including phenoxy) is 1. The van der Waals surface area contributed by atoms with Crippen molar-refractivity contribution in [3.8, 4) is 5.75 Å². The summed E-state index contributed by atoms with van der Waals surface area (Å²) in [5, 5.41) is 7.33. The number of carbonyl (C=O) groups excluding carboxylic acids is 2. The molecule has 0 spiro atoms. The van der Waals surface area contributed by atoms with Crippen molar-refractivity contribution >= 4 is 29.4 Å². The molecule has 8 heteroatoms. The van der Waals surface area contributed by atoms with Gasteiger partial charge in [-0.05, 0) is 43.4 Å². The minimum absolute atomic E-state index is 0.171. The van der Waals surface area contributed by atoms with Crippen molar-refractivity contribution in [1.29, 1.82) is 0 Å². The predicted octanol–water partition coefficient (Wildman–Crippen LogP) is 2.67. The Bertz CT molecular complexity index is 783. The van der Waals surface area contributed by atoms with Crippen LogP contribution in [0.25, 0.3) is 0 Å². The Balaban J connectivity index is 1.62. The van der Waals surface area contributed by atoms with Crippen molar-refractivity contribution in [2.75, 3.05) is 37.5 Å². The molecule has 1 saturated heterocycles. The normalized spacial score (nSPS) is 14.8. The summed E-state index contributed by atoms with van der Waals surface area (Å²) >= 11 is 1.55. The Kier molecular flexibility index (Phi) is 6.39. The van der Waals surface area contributed by atoms with Gasteiger partial charge in [-0.25, -0.2) is 4.68 Å². The predicted molar refractivity (Wildman–Crippen MR) is 106 cm³/mol. The third kappa shape index (κ3) is 4.63. The molecule has 0 atom stereocenters. The van der Waals surface area contributed by atoms with E-state index >= 15 is 0 Å². The van der Waals surface area contributed by atoms with Crippen molar-refractivity contribution in [3.05, 3.63) is 42.1 Å². The summed E-state index contributed by atoms with van der Waals surface area (Å²) in [7, 11) is 1.59. The van der Waals surface area contributed by atoms with E-state index in [0.717, 1.165) is 25.9 Å². The number of carbonyl (C=O) groups is 2. The Morgan fingerprint density at radius 2 is 1.93 bits per heavy atom. The molecule has 3 rings (SSSR count). The molecular formula is C19H24N4O3S. The van der Waals surface area contributed by atoms with Gasteiger partial charge in [-0.1, -0.05) is 0 Å². The zero-order chi connectivity index (χ0) is 19.2. The second-order valence-electron chi connectivity index (χ2n) is 6.39. The maximum absolute atomic E-state index is 12.5. The summed E-state index contributed by atoms with van der Waals surface area (Å²) in [5.74, 6) is 1.90. The van der Waals surface area contributed by atoms with Crippen LogP contribution in [0.1, 0.15) is 29.2 Å². The Morgan fingerprint density at radius 3 is 2.56 bits per heavy atom. The van der Waals surface area contributed by atoms with Gasteiger partial charge >= 0.3 is 0 Å². The molecule has 2 heterocycles. The molecule has 1 fully saturated rings. The molecule has 1 N–H and O–H groups in total. The van der Waals surface area contributed by atoms with Crippen LogP contribution >= 0.6 is 11.8 Å². The zero-order valence-corrected chi connectivity index (χ0v) is 16.4. The van der Waals surface area contributed by atoms with Crippen LogP contribution in [0.2, 0.25) is 0 Å². The Morgan fingerprint density at radius 1 is 1.22 bits per heavy atom. The van der Waals surface area contributed by atoms with Crippen LogP contribution in [-0.4, -0.2) is 58.7 Å². The van der Waals surface area contributed by atoms with Crippen LogP contribution in [0.3, 0.4) is 0 Å². The minimum atomic E-state index is -0.188. The van der Waals surface area contributed by atoms with E-state index in [2.05, 4.69) is 10.4 Å². The molecule has 2 aromatic rings. The number of nitrogens with one attached hydrogen (secondary N) is 1. The van der Waals surface area contributed by atoms with Gasteiger partial charge in [-0.3, -0.25) is 9.59 Å². The molecule has 1 aromatic carbocycles. The van der Waals surface area contributed by atoms with Gasteiger partial charge in [0.25, 0.3) is 5.91 Å². The summed E-state index contributed by atoms with van der Waals surface area (Å²) in [6, 6.07) is 8.94. The van der Waals surface area contributed by atoms with Crippen molar-refractivity contribution in [2.45, 2.75) is 18.9 Å². The van der Waals surface area contributed by atoms with E-state index in [0.29, 0.717) is 22.9 Å². The number of likely N-dealkylation sites (tertiary alicyclic amines) is 1. The second kappa shape index (κ2) is 8.94. The van der Waals surface area contributed by atoms with Crippen LogP contribution in [0.5, 0.6) is 5.75 Å². The van der Waals surface area contributed by atoms with E-state index in [9.17, 15) is 9.59 Å². The van der Waals surface area contributed by atoms with Crippen LogP contribution < -0.4 is 10.1 Å². The van der Waals surface area contributed by atoms with Gasteiger partial charge in [0.1, 0.15) is 11.6 Å². The van der Waals surface area contributed by atoms with E-state index < -0.39 is 0 Å². The maximum Gasteiger partial charge on any atom is 0.256 e. The number of benzene rings is 1. The van der Waals surface area contributed by atoms with Gasteiger partial charge in [0.05, 0.1) is 25.1 Å².